The third-order valence-corrected chi connectivity index (χ3v) is 5.18. The Kier molecular flexibility index (Phi) is 4.54. The fourth-order valence-corrected chi connectivity index (χ4v) is 4.25. The van der Waals surface area contributed by atoms with Crippen molar-refractivity contribution in [1.82, 2.24) is 4.31 Å². The molecular weight excluding hydrogens is 294 g/mol. The molecular formula is C13H21N3O4S. The van der Waals surface area contributed by atoms with Gasteiger partial charge in [0.2, 0.25) is 10.0 Å². The van der Waals surface area contributed by atoms with Crippen LogP contribution >= 0.6 is 0 Å². The number of para-hydroxylation sites is 1. The quantitative estimate of drug-likeness (QED) is 0.539. The number of morpholine rings is 1. The first-order chi connectivity index (χ1) is 9.80. The zero-order chi connectivity index (χ0) is 15.7. The third-order valence-electron chi connectivity index (χ3n) is 3.31. The van der Waals surface area contributed by atoms with Crippen molar-refractivity contribution in [3.05, 3.63) is 24.3 Å². The number of nitrogen functional groups attached to an aromatic ring is 1. The molecule has 1 fully saturated rings. The SMILES string of the molecule is CC1(C)CN(S(=O)(=O)c2ccccc2NN)CC(CO)O1. The summed E-state index contributed by atoms with van der Waals surface area (Å²) in [5.74, 6) is 5.39. The molecule has 4 N–H and O–H groups in total. The lowest BCUT2D eigenvalue weighted by atomic mass is 10.1. The number of sulfonamides is 1. The summed E-state index contributed by atoms with van der Waals surface area (Å²) in [6, 6.07) is 6.44. The summed E-state index contributed by atoms with van der Waals surface area (Å²) >= 11 is 0. The number of benzene rings is 1. The van der Waals surface area contributed by atoms with Crippen molar-refractivity contribution in [2.45, 2.75) is 30.4 Å². The van der Waals surface area contributed by atoms with Gasteiger partial charge < -0.3 is 15.3 Å². The summed E-state index contributed by atoms with van der Waals surface area (Å²) < 4.78 is 32.6. The number of hydrazine groups is 1. The number of nitrogens with one attached hydrogen (secondary N) is 1. The van der Waals surface area contributed by atoms with Crippen LogP contribution in [-0.2, 0) is 14.8 Å². The molecule has 2 rings (SSSR count). The van der Waals surface area contributed by atoms with Gasteiger partial charge in [-0.1, -0.05) is 12.1 Å². The summed E-state index contributed by atoms with van der Waals surface area (Å²) in [5.41, 5.74) is 2.07. The van der Waals surface area contributed by atoms with E-state index in [-0.39, 0.29) is 24.6 Å². The Hall–Kier alpha value is -1.19. The first kappa shape index (κ1) is 16.2. The van der Waals surface area contributed by atoms with Crippen LogP contribution in [0.3, 0.4) is 0 Å². The molecule has 0 radical (unpaired) electrons. The van der Waals surface area contributed by atoms with E-state index < -0.39 is 21.7 Å². The number of nitrogens with two attached hydrogens (primary N) is 1. The van der Waals surface area contributed by atoms with Crippen LogP contribution < -0.4 is 11.3 Å². The Morgan fingerprint density at radius 2 is 2.14 bits per heavy atom. The van der Waals surface area contributed by atoms with Crippen molar-refractivity contribution in [2.24, 2.45) is 5.84 Å². The van der Waals surface area contributed by atoms with E-state index in [0.29, 0.717) is 5.69 Å². The maximum atomic E-state index is 12.8. The summed E-state index contributed by atoms with van der Waals surface area (Å²) in [4.78, 5) is 0.113. The van der Waals surface area contributed by atoms with Gasteiger partial charge in [-0.05, 0) is 26.0 Å². The van der Waals surface area contributed by atoms with E-state index in [2.05, 4.69) is 5.43 Å². The molecule has 0 amide bonds. The molecule has 1 aromatic rings. The molecule has 0 aliphatic carbocycles. The normalized spacial score (nSPS) is 23.0. The van der Waals surface area contributed by atoms with Gasteiger partial charge in [-0.2, -0.15) is 4.31 Å². The number of rotatable bonds is 4. The van der Waals surface area contributed by atoms with E-state index in [1.807, 2.05) is 0 Å². The first-order valence-corrected chi connectivity index (χ1v) is 8.08. The lowest BCUT2D eigenvalue weighted by Gasteiger charge is -2.41. The zero-order valence-electron chi connectivity index (χ0n) is 12.1. The number of aliphatic hydroxyl groups excluding tert-OH is 1. The number of hydrogen-bond acceptors (Lipinski definition) is 6. The molecule has 1 heterocycles. The van der Waals surface area contributed by atoms with E-state index >= 15 is 0 Å². The standard InChI is InChI=1S/C13H21N3O4S/c1-13(2)9-16(7-10(8-17)20-13)21(18,19)12-6-4-3-5-11(12)15-14/h3-6,10,15,17H,7-9,14H2,1-2H3. The molecule has 0 spiro atoms. The molecule has 0 aromatic heterocycles. The summed E-state index contributed by atoms with van der Waals surface area (Å²) in [6.45, 7) is 3.69. The predicted molar refractivity (Wildman–Crippen MR) is 79.0 cm³/mol. The van der Waals surface area contributed by atoms with Crippen molar-refractivity contribution in [3.8, 4) is 0 Å². The molecule has 7 nitrogen and oxygen atoms in total. The van der Waals surface area contributed by atoms with Gasteiger partial charge in [-0.3, -0.25) is 5.84 Å². The second kappa shape index (κ2) is 5.90. The number of ether oxygens (including phenoxy) is 1. The average Bonchev–Trinajstić information content (AvgIpc) is 2.45. The largest absolute Gasteiger partial charge is 0.394 e. The molecule has 1 aromatic carbocycles. The van der Waals surface area contributed by atoms with Crippen molar-refractivity contribution in [1.29, 1.82) is 0 Å². The summed E-state index contributed by atoms with van der Waals surface area (Å²) in [7, 11) is -3.72. The maximum absolute atomic E-state index is 12.8. The topological polar surface area (TPSA) is 105 Å². The number of anilines is 1. The molecule has 1 aliphatic rings. The lowest BCUT2D eigenvalue weighted by molar-refractivity contribution is -0.131. The Balaban J connectivity index is 2.39. The van der Waals surface area contributed by atoms with Crippen LogP contribution in [0.15, 0.2) is 29.2 Å². The van der Waals surface area contributed by atoms with E-state index in [9.17, 15) is 13.5 Å². The minimum atomic E-state index is -3.72. The fraction of sp³-hybridized carbons (Fsp3) is 0.538. The third kappa shape index (κ3) is 3.35. The second-order valence-electron chi connectivity index (χ2n) is 5.62. The van der Waals surface area contributed by atoms with E-state index in [1.165, 1.54) is 10.4 Å². The Morgan fingerprint density at radius 1 is 1.48 bits per heavy atom. The van der Waals surface area contributed by atoms with Crippen molar-refractivity contribution < 1.29 is 18.3 Å². The van der Waals surface area contributed by atoms with Crippen LogP contribution in [0.25, 0.3) is 0 Å². The van der Waals surface area contributed by atoms with E-state index in [0.717, 1.165) is 0 Å². The second-order valence-corrected chi connectivity index (χ2v) is 7.53. The number of hydrogen-bond donors (Lipinski definition) is 3. The molecule has 1 unspecified atom stereocenters. The Morgan fingerprint density at radius 3 is 2.76 bits per heavy atom. The van der Waals surface area contributed by atoms with Crippen LogP contribution in [-0.4, -0.2) is 49.2 Å². The van der Waals surface area contributed by atoms with E-state index in [4.69, 9.17) is 10.6 Å². The Labute approximate surface area is 124 Å². The van der Waals surface area contributed by atoms with Crippen molar-refractivity contribution in [2.75, 3.05) is 25.1 Å². The van der Waals surface area contributed by atoms with Gasteiger partial charge in [0.25, 0.3) is 0 Å². The highest BCUT2D eigenvalue weighted by atomic mass is 32.2. The van der Waals surface area contributed by atoms with Crippen LogP contribution in [0.1, 0.15) is 13.8 Å². The number of aliphatic hydroxyl groups is 1. The molecule has 21 heavy (non-hydrogen) atoms. The van der Waals surface area contributed by atoms with Gasteiger partial charge in [0, 0.05) is 13.1 Å². The van der Waals surface area contributed by atoms with Crippen LogP contribution in [0, 0.1) is 0 Å². The molecule has 118 valence electrons. The van der Waals surface area contributed by atoms with E-state index in [1.54, 1.807) is 32.0 Å². The first-order valence-electron chi connectivity index (χ1n) is 6.64. The zero-order valence-corrected chi connectivity index (χ0v) is 12.9. The lowest BCUT2D eigenvalue weighted by Crippen LogP contribution is -2.55. The molecule has 1 atom stereocenters. The highest BCUT2D eigenvalue weighted by Crippen LogP contribution is 2.29. The summed E-state index contributed by atoms with van der Waals surface area (Å²) in [6.07, 6.45) is -0.540. The summed E-state index contributed by atoms with van der Waals surface area (Å²) in [5, 5.41) is 9.30. The average molecular weight is 315 g/mol. The predicted octanol–water partition coefficient (Wildman–Crippen LogP) is 0.133. The fourth-order valence-electron chi connectivity index (χ4n) is 2.47. The monoisotopic (exact) mass is 315 g/mol. The molecule has 1 aliphatic heterocycles. The van der Waals surface area contributed by atoms with Gasteiger partial charge in [0.05, 0.1) is 24.0 Å². The maximum Gasteiger partial charge on any atom is 0.245 e. The van der Waals surface area contributed by atoms with Crippen LogP contribution in [0.5, 0.6) is 0 Å². The van der Waals surface area contributed by atoms with Crippen molar-refractivity contribution in [3.63, 3.8) is 0 Å². The Bertz CT molecular complexity index is 603. The molecule has 0 saturated carbocycles. The van der Waals surface area contributed by atoms with Gasteiger partial charge in [-0.25, -0.2) is 8.42 Å². The minimum absolute atomic E-state index is 0.112. The van der Waals surface area contributed by atoms with Gasteiger partial charge in [0.15, 0.2) is 0 Å². The van der Waals surface area contributed by atoms with Gasteiger partial charge in [0.1, 0.15) is 4.90 Å². The van der Waals surface area contributed by atoms with Crippen LogP contribution in [0.2, 0.25) is 0 Å². The number of nitrogens with zero attached hydrogens (tertiary/aromatic N) is 1. The van der Waals surface area contributed by atoms with Gasteiger partial charge >= 0.3 is 0 Å². The highest BCUT2D eigenvalue weighted by molar-refractivity contribution is 7.89. The van der Waals surface area contributed by atoms with Crippen LogP contribution in [0.4, 0.5) is 5.69 Å². The molecule has 1 saturated heterocycles. The molecule has 8 heteroatoms. The van der Waals surface area contributed by atoms with Crippen molar-refractivity contribution >= 4 is 15.7 Å². The highest BCUT2D eigenvalue weighted by Gasteiger charge is 2.39. The minimum Gasteiger partial charge on any atom is -0.394 e. The van der Waals surface area contributed by atoms with Gasteiger partial charge in [-0.15, -0.1) is 0 Å². The smallest absolute Gasteiger partial charge is 0.245 e. The molecule has 0 bridgehead atoms.